The summed E-state index contributed by atoms with van der Waals surface area (Å²) in [6.07, 6.45) is 4.45. The van der Waals surface area contributed by atoms with Crippen molar-refractivity contribution in [3.63, 3.8) is 0 Å². The fourth-order valence-electron chi connectivity index (χ4n) is 3.10. The maximum absolute atomic E-state index is 12.2. The van der Waals surface area contributed by atoms with E-state index in [1.165, 1.54) is 22.5 Å². The highest BCUT2D eigenvalue weighted by atomic mass is 32.1. The van der Waals surface area contributed by atoms with Crippen molar-refractivity contribution in [2.24, 2.45) is 11.3 Å². The largest absolute Gasteiger partial charge is 0.459 e. The van der Waals surface area contributed by atoms with Gasteiger partial charge in [0.15, 0.2) is 5.76 Å². The van der Waals surface area contributed by atoms with Crippen molar-refractivity contribution in [1.29, 1.82) is 5.26 Å². The molecule has 120 valence electrons. The second-order valence-electron chi connectivity index (χ2n) is 7.06. The molecule has 2 heterocycles. The van der Waals surface area contributed by atoms with E-state index in [9.17, 15) is 10.1 Å². The number of nitriles is 1. The van der Waals surface area contributed by atoms with Crippen LogP contribution in [0.2, 0.25) is 0 Å². The lowest BCUT2D eigenvalue weighted by Gasteiger charge is -2.33. The monoisotopic (exact) mass is 328 g/mol. The summed E-state index contributed by atoms with van der Waals surface area (Å²) >= 11 is 1.54. The van der Waals surface area contributed by atoms with Crippen LogP contribution in [0.4, 0.5) is 5.00 Å². The van der Waals surface area contributed by atoms with Gasteiger partial charge in [-0.3, -0.25) is 4.79 Å². The number of fused-ring (bicyclic) bond motifs is 1. The first kappa shape index (κ1) is 15.8. The number of rotatable bonds is 2. The van der Waals surface area contributed by atoms with E-state index in [0.29, 0.717) is 16.5 Å². The van der Waals surface area contributed by atoms with Crippen molar-refractivity contribution >= 4 is 22.2 Å². The van der Waals surface area contributed by atoms with Crippen LogP contribution in [0, 0.1) is 22.7 Å². The first-order valence-electron chi connectivity index (χ1n) is 7.79. The number of furan rings is 1. The third kappa shape index (κ3) is 3.04. The normalized spacial score (nSPS) is 17.4. The first-order valence-corrected chi connectivity index (χ1v) is 8.61. The molecule has 4 nitrogen and oxygen atoms in total. The van der Waals surface area contributed by atoms with Crippen molar-refractivity contribution in [2.75, 3.05) is 5.32 Å². The quantitative estimate of drug-likeness (QED) is 0.875. The molecule has 1 atom stereocenters. The van der Waals surface area contributed by atoms with E-state index in [0.717, 1.165) is 24.8 Å². The van der Waals surface area contributed by atoms with Gasteiger partial charge in [-0.1, -0.05) is 20.8 Å². The standard InChI is InChI=1S/C18H20N2O2S/c1-18(2,3)11-6-7-12-13(10-19)17(23-15(12)9-11)20-16(21)14-5-4-8-22-14/h4-5,8,11H,6-7,9H2,1-3H3,(H,20,21)/t11-/m0/s1. The third-order valence-corrected chi connectivity index (χ3v) is 5.74. The molecule has 2 aromatic heterocycles. The molecular formula is C18H20N2O2S. The molecule has 0 saturated carbocycles. The van der Waals surface area contributed by atoms with Crippen molar-refractivity contribution < 1.29 is 9.21 Å². The Kier molecular flexibility index (Phi) is 4.03. The number of hydrogen-bond acceptors (Lipinski definition) is 4. The Hall–Kier alpha value is -2.06. The lowest BCUT2D eigenvalue weighted by atomic mass is 9.72. The molecule has 0 unspecified atom stereocenters. The molecule has 0 aromatic carbocycles. The number of carbonyl (C=O) groups excluding carboxylic acids is 1. The van der Waals surface area contributed by atoms with Crippen molar-refractivity contribution in [3.05, 3.63) is 40.2 Å². The average molecular weight is 328 g/mol. The van der Waals surface area contributed by atoms with E-state index in [-0.39, 0.29) is 17.1 Å². The van der Waals surface area contributed by atoms with Gasteiger partial charge in [0.25, 0.3) is 5.91 Å². The van der Waals surface area contributed by atoms with Gasteiger partial charge >= 0.3 is 0 Å². The maximum atomic E-state index is 12.2. The van der Waals surface area contributed by atoms with E-state index in [1.54, 1.807) is 12.1 Å². The lowest BCUT2D eigenvalue weighted by Crippen LogP contribution is -2.26. The van der Waals surface area contributed by atoms with Crippen LogP contribution in [0.15, 0.2) is 22.8 Å². The van der Waals surface area contributed by atoms with Crippen molar-refractivity contribution in [2.45, 2.75) is 40.0 Å². The highest BCUT2D eigenvalue weighted by Gasteiger charge is 2.32. The van der Waals surface area contributed by atoms with Crippen LogP contribution in [-0.4, -0.2) is 5.91 Å². The van der Waals surface area contributed by atoms with Crippen molar-refractivity contribution in [3.8, 4) is 6.07 Å². The topological polar surface area (TPSA) is 66.0 Å². The smallest absolute Gasteiger partial charge is 0.291 e. The Morgan fingerprint density at radius 3 is 2.87 bits per heavy atom. The molecule has 1 aliphatic rings. The minimum absolute atomic E-state index is 0.256. The van der Waals surface area contributed by atoms with Crippen LogP contribution < -0.4 is 5.32 Å². The Bertz CT molecular complexity index is 760. The fraction of sp³-hybridized carbons (Fsp3) is 0.444. The fourth-order valence-corrected chi connectivity index (χ4v) is 4.38. The zero-order chi connectivity index (χ0) is 16.6. The van der Waals surface area contributed by atoms with Gasteiger partial charge in [-0.15, -0.1) is 11.3 Å². The summed E-state index contributed by atoms with van der Waals surface area (Å²) in [6.45, 7) is 6.79. The second kappa shape index (κ2) is 5.86. The number of carbonyl (C=O) groups is 1. The highest BCUT2D eigenvalue weighted by molar-refractivity contribution is 7.16. The zero-order valence-electron chi connectivity index (χ0n) is 13.6. The SMILES string of the molecule is CC(C)(C)[C@H]1CCc2c(sc(NC(=O)c3ccco3)c2C#N)C1. The summed E-state index contributed by atoms with van der Waals surface area (Å²) < 4.78 is 5.11. The number of amides is 1. The van der Waals surface area contributed by atoms with Gasteiger partial charge < -0.3 is 9.73 Å². The summed E-state index contributed by atoms with van der Waals surface area (Å²) in [7, 11) is 0. The highest BCUT2D eigenvalue weighted by Crippen LogP contribution is 2.44. The predicted molar refractivity (Wildman–Crippen MR) is 90.7 cm³/mol. The number of hydrogen-bond donors (Lipinski definition) is 1. The van der Waals surface area contributed by atoms with Gasteiger partial charge in [-0.2, -0.15) is 5.26 Å². The third-order valence-electron chi connectivity index (χ3n) is 4.57. The Balaban J connectivity index is 1.88. The minimum Gasteiger partial charge on any atom is -0.459 e. The number of anilines is 1. The van der Waals surface area contributed by atoms with Crippen LogP contribution in [0.3, 0.4) is 0 Å². The minimum atomic E-state index is -0.308. The molecule has 0 saturated heterocycles. The molecule has 5 heteroatoms. The maximum Gasteiger partial charge on any atom is 0.291 e. The molecule has 23 heavy (non-hydrogen) atoms. The van der Waals surface area contributed by atoms with Gasteiger partial charge in [-0.05, 0) is 48.3 Å². The van der Waals surface area contributed by atoms with Gasteiger partial charge in [0.2, 0.25) is 0 Å². The van der Waals surface area contributed by atoms with Crippen LogP contribution in [0.1, 0.15) is 53.8 Å². The zero-order valence-corrected chi connectivity index (χ0v) is 14.4. The predicted octanol–water partition coefficient (Wildman–Crippen LogP) is 4.62. The van der Waals surface area contributed by atoms with E-state index < -0.39 is 0 Å². The number of thiophene rings is 1. The van der Waals surface area contributed by atoms with E-state index in [1.807, 2.05) is 0 Å². The Morgan fingerprint density at radius 1 is 1.48 bits per heavy atom. The number of nitrogens with one attached hydrogen (secondary N) is 1. The lowest BCUT2D eigenvalue weighted by molar-refractivity contribution is 0.0997. The molecule has 0 aliphatic heterocycles. The van der Waals surface area contributed by atoms with Crippen LogP contribution in [0.5, 0.6) is 0 Å². The summed E-state index contributed by atoms with van der Waals surface area (Å²) in [5, 5.41) is 13.0. The van der Waals surface area contributed by atoms with E-state index in [2.05, 4.69) is 32.2 Å². The molecule has 0 bridgehead atoms. The molecule has 2 aromatic rings. The average Bonchev–Trinajstić information content (AvgIpc) is 3.12. The molecule has 1 N–H and O–H groups in total. The van der Waals surface area contributed by atoms with E-state index in [4.69, 9.17) is 4.42 Å². The van der Waals surface area contributed by atoms with Gasteiger partial charge in [0, 0.05) is 4.88 Å². The summed E-state index contributed by atoms with van der Waals surface area (Å²) in [5.41, 5.74) is 2.00. The molecular weight excluding hydrogens is 308 g/mol. The molecule has 0 radical (unpaired) electrons. The van der Waals surface area contributed by atoms with Crippen molar-refractivity contribution in [1.82, 2.24) is 0 Å². The summed E-state index contributed by atoms with van der Waals surface area (Å²) in [6, 6.07) is 5.56. The number of nitrogens with zero attached hydrogens (tertiary/aromatic N) is 1. The van der Waals surface area contributed by atoms with E-state index >= 15 is 0 Å². The molecule has 1 aliphatic carbocycles. The van der Waals surface area contributed by atoms with Crippen LogP contribution >= 0.6 is 11.3 Å². The molecule has 0 spiro atoms. The first-order chi connectivity index (χ1) is 10.9. The van der Waals surface area contributed by atoms with Crippen LogP contribution in [-0.2, 0) is 12.8 Å². The van der Waals surface area contributed by atoms with Gasteiger partial charge in [0.1, 0.15) is 11.1 Å². The Labute approximate surface area is 140 Å². The van der Waals surface area contributed by atoms with Gasteiger partial charge in [0.05, 0.1) is 11.8 Å². The molecule has 3 rings (SSSR count). The Morgan fingerprint density at radius 2 is 2.26 bits per heavy atom. The van der Waals surface area contributed by atoms with Gasteiger partial charge in [-0.25, -0.2) is 0 Å². The summed E-state index contributed by atoms with van der Waals surface area (Å²) in [5.74, 6) is 0.555. The van der Waals surface area contributed by atoms with Crippen LogP contribution in [0.25, 0.3) is 0 Å². The second-order valence-corrected chi connectivity index (χ2v) is 8.16. The molecule has 0 fully saturated rings. The summed E-state index contributed by atoms with van der Waals surface area (Å²) in [4.78, 5) is 13.4. The molecule has 1 amide bonds.